The lowest BCUT2D eigenvalue weighted by molar-refractivity contribution is -0.140. The molecule has 0 aromatic rings. The number of oxime groups is 1. The van der Waals surface area contributed by atoms with Crippen molar-refractivity contribution in [3.05, 3.63) is 0 Å². The van der Waals surface area contributed by atoms with Crippen LogP contribution < -0.4 is 0 Å². The third-order valence-corrected chi connectivity index (χ3v) is 0.669. The molecule has 0 aromatic carbocycles. The number of carbonyl (C=O) groups excluding carboxylic acids is 2. The van der Waals surface area contributed by atoms with Crippen molar-refractivity contribution >= 4 is 18.5 Å². The first kappa shape index (κ1) is 8.81. The van der Waals surface area contributed by atoms with Gasteiger partial charge in [-0.3, -0.25) is 0 Å². The molecule has 0 atom stereocenters. The maximum absolute atomic E-state index is 10.1. The minimum atomic E-state index is -0.456. The van der Waals surface area contributed by atoms with Crippen molar-refractivity contribution in [3.8, 4) is 0 Å². The zero-order valence-electron chi connectivity index (χ0n) is 5.74. The van der Waals surface area contributed by atoms with Crippen LogP contribution in [0.5, 0.6) is 0 Å². The van der Waals surface area contributed by atoms with Gasteiger partial charge in [-0.25, -0.2) is 4.79 Å². The van der Waals surface area contributed by atoms with Gasteiger partial charge < -0.3 is 9.63 Å². The summed E-state index contributed by atoms with van der Waals surface area (Å²) in [5.74, 6) is -0.456. The molecule has 0 radical (unpaired) electrons. The Bertz CT molecular complexity index is 142. The Morgan fingerprint density at radius 3 is 2.80 bits per heavy atom. The molecule has 0 spiro atoms. The van der Waals surface area contributed by atoms with Crippen LogP contribution in [0.3, 0.4) is 0 Å². The number of hydrogen-bond acceptors (Lipinski definition) is 4. The highest BCUT2D eigenvalue weighted by Gasteiger charge is 1.85. The van der Waals surface area contributed by atoms with Crippen molar-refractivity contribution in [2.75, 3.05) is 0 Å². The van der Waals surface area contributed by atoms with Crippen LogP contribution in [0, 0.1) is 0 Å². The first-order valence-corrected chi connectivity index (χ1v) is 2.90. The van der Waals surface area contributed by atoms with Crippen molar-refractivity contribution in [2.45, 2.75) is 19.8 Å². The van der Waals surface area contributed by atoms with Crippen LogP contribution in [0.25, 0.3) is 0 Å². The van der Waals surface area contributed by atoms with Crippen molar-refractivity contribution in [2.24, 2.45) is 5.16 Å². The Morgan fingerprint density at radius 2 is 2.30 bits per heavy atom. The number of hydrogen-bond donors (Lipinski definition) is 0. The second-order valence-electron chi connectivity index (χ2n) is 1.61. The van der Waals surface area contributed by atoms with E-state index in [0.29, 0.717) is 12.8 Å². The van der Waals surface area contributed by atoms with E-state index in [1.54, 1.807) is 0 Å². The lowest BCUT2D eigenvalue weighted by atomic mass is 10.4. The summed E-state index contributed by atoms with van der Waals surface area (Å²) in [5, 5.41) is 3.27. The molecule has 0 fully saturated rings. The second kappa shape index (κ2) is 5.94. The highest BCUT2D eigenvalue weighted by atomic mass is 16.7. The molecule has 10 heavy (non-hydrogen) atoms. The van der Waals surface area contributed by atoms with Gasteiger partial charge in [0.2, 0.25) is 0 Å². The molecule has 4 heteroatoms. The summed E-state index contributed by atoms with van der Waals surface area (Å²) >= 11 is 0. The Labute approximate surface area is 58.8 Å². The molecule has 0 bridgehead atoms. The average Bonchev–Trinajstić information content (AvgIpc) is 1.87. The van der Waals surface area contributed by atoms with Gasteiger partial charge in [0.05, 0.1) is 0 Å². The van der Waals surface area contributed by atoms with Gasteiger partial charge in [-0.15, -0.1) is 0 Å². The van der Waals surface area contributed by atoms with Gasteiger partial charge in [-0.05, 0) is 6.42 Å². The zero-order chi connectivity index (χ0) is 7.82. The van der Waals surface area contributed by atoms with E-state index in [1.807, 2.05) is 0 Å². The van der Waals surface area contributed by atoms with Gasteiger partial charge in [0, 0.05) is 19.6 Å². The molecule has 4 nitrogen and oxygen atoms in total. The Balaban J connectivity index is 3.20. The molecule has 0 aliphatic heterocycles. The summed E-state index contributed by atoms with van der Waals surface area (Å²) in [4.78, 5) is 24.0. The van der Waals surface area contributed by atoms with Crippen molar-refractivity contribution in [3.63, 3.8) is 0 Å². The van der Waals surface area contributed by atoms with Gasteiger partial charge in [-0.1, -0.05) is 5.16 Å². The van der Waals surface area contributed by atoms with E-state index in [1.165, 1.54) is 13.1 Å². The van der Waals surface area contributed by atoms with E-state index in [2.05, 4.69) is 9.99 Å². The Kier molecular flexibility index (Phi) is 5.23. The summed E-state index contributed by atoms with van der Waals surface area (Å²) in [5.41, 5.74) is 0. The minimum absolute atomic E-state index is 0.408. The standard InChI is InChI=1S/C6H9NO3/c1-6(9)10-7-4-2-3-5-8/h4-5H,2-3H2,1H3. The molecule has 0 aromatic heterocycles. The third kappa shape index (κ3) is 6.81. The van der Waals surface area contributed by atoms with E-state index < -0.39 is 5.97 Å². The maximum Gasteiger partial charge on any atom is 0.331 e. The quantitative estimate of drug-likeness (QED) is 0.189. The van der Waals surface area contributed by atoms with Crippen LogP contribution >= 0.6 is 0 Å². The van der Waals surface area contributed by atoms with Crippen LogP contribution in [0.4, 0.5) is 0 Å². The second-order valence-corrected chi connectivity index (χ2v) is 1.61. The van der Waals surface area contributed by atoms with Gasteiger partial charge in [0.25, 0.3) is 0 Å². The summed E-state index contributed by atoms with van der Waals surface area (Å²) in [7, 11) is 0. The number of rotatable bonds is 4. The highest BCUT2D eigenvalue weighted by molar-refractivity contribution is 5.68. The number of aldehydes is 1. The Morgan fingerprint density at radius 1 is 1.60 bits per heavy atom. The van der Waals surface area contributed by atoms with Crippen LogP contribution in [0.1, 0.15) is 19.8 Å². The lowest BCUT2D eigenvalue weighted by Crippen LogP contribution is -1.90. The maximum atomic E-state index is 10.1. The minimum Gasteiger partial charge on any atom is -0.319 e. The highest BCUT2D eigenvalue weighted by Crippen LogP contribution is 1.81. The molecule has 56 valence electrons. The normalized spacial score (nSPS) is 9.70. The van der Waals surface area contributed by atoms with Crippen LogP contribution in [0.15, 0.2) is 5.16 Å². The summed E-state index contributed by atoms with van der Waals surface area (Å²) in [6, 6.07) is 0. The molecule has 0 unspecified atom stereocenters. The van der Waals surface area contributed by atoms with Gasteiger partial charge in [0.1, 0.15) is 6.29 Å². The third-order valence-electron chi connectivity index (χ3n) is 0.669. The lowest BCUT2D eigenvalue weighted by Gasteiger charge is -1.86. The number of unbranched alkanes of at least 4 members (excludes halogenated alkanes) is 1. The molecule has 0 saturated heterocycles. The van der Waals surface area contributed by atoms with E-state index in [0.717, 1.165) is 6.29 Å². The topological polar surface area (TPSA) is 55.7 Å². The molecular formula is C6H9NO3. The molecule has 0 saturated carbocycles. The van der Waals surface area contributed by atoms with Crippen LogP contribution in [-0.2, 0) is 14.4 Å². The SMILES string of the molecule is CC(=O)ON=CCCC=O. The first-order valence-electron chi connectivity index (χ1n) is 2.90. The Hall–Kier alpha value is -1.19. The number of carbonyl (C=O) groups is 2. The molecule has 0 rings (SSSR count). The molecule has 0 N–H and O–H groups in total. The van der Waals surface area contributed by atoms with Gasteiger partial charge in [0.15, 0.2) is 0 Å². The van der Waals surface area contributed by atoms with Crippen molar-refractivity contribution < 1.29 is 14.4 Å². The van der Waals surface area contributed by atoms with Crippen molar-refractivity contribution in [1.82, 2.24) is 0 Å². The average molecular weight is 143 g/mol. The van der Waals surface area contributed by atoms with Crippen molar-refractivity contribution in [1.29, 1.82) is 0 Å². The van der Waals surface area contributed by atoms with E-state index in [9.17, 15) is 9.59 Å². The monoisotopic (exact) mass is 143 g/mol. The summed E-state index contributed by atoms with van der Waals surface area (Å²) in [6.07, 6.45) is 3.08. The fourth-order valence-corrected chi connectivity index (χ4v) is 0.307. The van der Waals surface area contributed by atoms with Crippen LogP contribution in [0.2, 0.25) is 0 Å². The smallest absolute Gasteiger partial charge is 0.319 e. The van der Waals surface area contributed by atoms with Crippen LogP contribution in [-0.4, -0.2) is 18.5 Å². The molecular weight excluding hydrogens is 134 g/mol. The van der Waals surface area contributed by atoms with Gasteiger partial charge in [-0.2, -0.15) is 0 Å². The molecule has 0 aliphatic carbocycles. The van der Waals surface area contributed by atoms with E-state index in [4.69, 9.17) is 0 Å². The predicted octanol–water partition coefficient (Wildman–Crippen LogP) is 0.514. The predicted molar refractivity (Wildman–Crippen MR) is 35.6 cm³/mol. The summed E-state index contributed by atoms with van der Waals surface area (Å²) < 4.78 is 0. The largest absolute Gasteiger partial charge is 0.331 e. The first-order chi connectivity index (χ1) is 4.77. The van der Waals surface area contributed by atoms with E-state index >= 15 is 0 Å². The summed E-state index contributed by atoms with van der Waals surface area (Å²) in [6.45, 7) is 1.26. The molecule has 0 amide bonds. The zero-order valence-corrected chi connectivity index (χ0v) is 5.74. The van der Waals surface area contributed by atoms with E-state index in [-0.39, 0.29) is 0 Å². The van der Waals surface area contributed by atoms with Gasteiger partial charge >= 0.3 is 5.97 Å². The fraction of sp³-hybridized carbons (Fsp3) is 0.500. The fourth-order valence-electron chi connectivity index (χ4n) is 0.307. The number of nitrogens with zero attached hydrogens (tertiary/aromatic N) is 1. The molecule has 0 aliphatic rings. The molecule has 0 heterocycles.